The Balaban J connectivity index is 1.14. The first-order chi connectivity index (χ1) is 29.2. The third-order valence-corrected chi connectivity index (χ3v) is 12.7. The maximum absolute atomic E-state index is 5.21. The minimum atomic E-state index is 0.992. The van der Waals surface area contributed by atoms with Crippen molar-refractivity contribution < 1.29 is 0 Å². The zero-order valence-electron chi connectivity index (χ0n) is 32.0. The van der Waals surface area contributed by atoms with E-state index < -0.39 is 0 Å². The number of imidazole rings is 1. The number of hydrogen-bond acceptors (Lipinski definition) is 1. The number of pyridine rings is 1. The first-order valence-corrected chi connectivity index (χ1v) is 20.4. The summed E-state index contributed by atoms with van der Waals surface area (Å²) in [5.41, 5.74) is 11.6. The highest BCUT2D eigenvalue weighted by Gasteiger charge is 2.20. The molecule has 11 aromatic carbocycles. The molecule has 13 rings (SSSR count). The molecule has 0 saturated heterocycles. The standard InChI is InChI=1S/C57H34N2/c1-3-14-38-31-42(23-21-35(38)11-1)54-45-17-7-8-18-46(45)55(43-24-22-36-12-2-4-15-39(36)32-43)49-33-40(26-28-47(49)54)41-27-30-52-50(34-41)56-44-16-6-5-13-37(44)25-29-48(56)57-58-51-19-9-10-20-53(51)59(52)57/h1-34H. The van der Waals surface area contributed by atoms with E-state index in [-0.39, 0.29) is 0 Å². The van der Waals surface area contributed by atoms with Crippen LogP contribution in [0.15, 0.2) is 206 Å². The maximum Gasteiger partial charge on any atom is 0.146 e. The molecule has 0 atom stereocenters. The Bertz CT molecular complexity index is 3910. The Morgan fingerprint density at radius 1 is 0.288 bits per heavy atom. The first kappa shape index (κ1) is 32.3. The molecule has 0 spiro atoms. The summed E-state index contributed by atoms with van der Waals surface area (Å²) in [4.78, 5) is 5.21. The number of aromatic nitrogens is 2. The number of rotatable bonds is 3. The van der Waals surface area contributed by atoms with Gasteiger partial charge >= 0.3 is 0 Å². The number of fused-ring (bicyclic) bond motifs is 14. The Labute approximate surface area is 339 Å². The Kier molecular flexibility index (Phi) is 6.76. The molecule has 2 heterocycles. The van der Waals surface area contributed by atoms with Crippen molar-refractivity contribution in [2.75, 3.05) is 0 Å². The molecule has 59 heavy (non-hydrogen) atoms. The van der Waals surface area contributed by atoms with Crippen LogP contribution in [-0.4, -0.2) is 9.38 Å². The summed E-state index contributed by atoms with van der Waals surface area (Å²) in [7, 11) is 0. The van der Waals surface area contributed by atoms with Crippen molar-refractivity contribution >= 4 is 92.2 Å². The third-order valence-electron chi connectivity index (χ3n) is 12.7. The number of para-hydroxylation sites is 2. The van der Waals surface area contributed by atoms with Crippen molar-refractivity contribution in [3.05, 3.63) is 206 Å². The van der Waals surface area contributed by atoms with E-state index in [9.17, 15) is 0 Å². The van der Waals surface area contributed by atoms with Gasteiger partial charge in [0.05, 0.1) is 16.6 Å². The smallest absolute Gasteiger partial charge is 0.146 e. The normalized spacial score (nSPS) is 12.1. The van der Waals surface area contributed by atoms with Crippen molar-refractivity contribution in [3.8, 4) is 33.4 Å². The van der Waals surface area contributed by atoms with Crippen molar-refractivity contribution in [1.29, 1.82) is 0 Å². The molecule has 0 amide bonds. The topological polar surface area (TPSA) is 17.3 Å². The fraction of sp³-hybridized carbons (Fsp3) is 0. The van der Waals surface area contributed by atoms with Crippen LogP contribution < -0.4 is 0 Å². The number of nitrogens with zero attached hydrogens (tertiary/aromatic N) is 2. The molecule has 0 saturated carbocycles. The van der Waals surface area contributed by atoms with E-state index in [4.69, 9.17) is 4.98 Å². The molecular formula is C57H34N2. The highest BCUT2D eigenvalue weighted by molar-refractivity contribution is 6.25. The number of hydrogen-bond donors (Lipinski definition) is 0. The third kappa shape index (κ3) is 4.78. The van der Waals surface area contributed by atoms with Gasteiger partial charge in [0.1, 0.15) is 5.65 Å². The van der Waals surface area contributed by atoms with Crippen molar-refractivity contribution in [1.82, 2.24) is 9.38 Å². The maximum atomic E-state index is 5.21. The average Bonchev–Trinajstić information content (AvgIpc) is 3.70. The van der Waals surface area contributed by atoms with Gasteiger partial charge < -0.3 is 0 Å². The molecule has 2 heteroatoms. The van der Waals surface area contributed by atoms with Crippen LogP contribution in [0.25, 0.3) is 126 Å². The molecule has 2 aromatic heterocycles. The van der Waals surface area contributed by atoms with Crippen LogP contribution in [0.3, 0.4) is 0 Å². The van der Waals surface area contributed by atoms with Crippen molar-refractivity contribution in [2.24, 2.45) is 0 Å². The van der Waals surface area contributed by atoms with E-state index in [1.54, 1.807) is 0 Å². The molecule has 272 valence electrons. The van der Waals surface area contributed by atoms with Gasteiger partial charge in [-0.1, -0.05) is 158 Å². The van der Waals surface area contributed by atoms with Gasteiger partial charge in [0.15, 0.2) is 0 Å². The lowest BCUT2D eigenvalue weighted by Gasteiger charge is -2.19. The van der Waals surface area contributed by atoms with Crippen molar-refractivity contribution in [2.45, 2.75) is 0 Å². The van der Waals surface area contributed by atoms with Gasteiger partial charge in [0.2, 0.25) is 0 Å². The van der Waals surface area contributed by atoms with Crippen LogP contribution in [0, 0.1) is 0 Å². The molecule has 0 aliphatic carbocycles. The lowest BCUT2D eigenvalue weighted by molar-refractivity contribution is 1.32. The fourth-order valence-corrected chi connectivity index (χ4v) is 9.98. The molecule has 13 aromatic rings. The van der Waals surface area contributed by atoms with Crippen LogP contribution in [0.4, 0.5) is 0 Å². The first-order valence-electron chi connectivity index (χ1n) is 20.4. The second kappa shape index (κ2) is 12.3. The Morgan fingerprint density at radius 3 is 1.49 bits per heavy atom. The Morgan fingerprint density at radius 2 is 0.780 bits per heavy atom. The van der Waals surface area contributed by atoms with Gasteiger partial charge in [0.25, 0.3) is 0 Å². The van der Waals surface area contributed by atoms with E-state index in [1.807, 2.05) is 0 Å². The summed E-state index contributed by atoms with van der Waals surface area (Å²) < 4.78 is 2.35. The monoisotopic (exact) mass is 746 g/mol. The molecule has 0 aliphatic rings. The van der Waals surface area contributed by atoms with Crippen LogP contribution in [0.5, 0.6) is 0 Å². The van der Waals surface area contributed by atoms with E-state index in [1.165, 1.54) is 98.0 Å². The second-order valence-corrected chi connectivity index (χ2v) is 15.9. The minimum absolute atomic E-state index is 0.992. The van der Waals surface area contributed by atoms with Gasteiger partial charge in [-0.15, -0.1) is 0 Å². The zero-order valence-corrected chi connectivity index (χ0v) is 32.0. The van der Waals surface area contributed by atoms with Crippen LogP contribution >= 0.6 is 0 Å². The quantitative estimate of drug-likeness (QED) is 0.130. The van der Waals surface area contributed by atoms with E-state index >= 15 is 0 Å². The predicted molar refractivity (Wildman–Crippen MR) is 252 cm³/mol. The number of benzene rings is 11. The summed E-state index contributed by atoms with van der Waals surface area (Å²) in [5.74, 6) is 0. The summed E-state index contributed by atoms with van der Waals surface area (Å²) >= 11 is 0. The fourth-order valence-electron chi connectivity index (χ4n) is 9.98. The summed E-state index contributed by atoms with van der Waals surface area (Å²) in [5, 5.41) is 16.1. The summed E-state index contributed by atoms with van der Waals surface area (Å²) in [6.45, 7) is 0. The Hall–Kier alpha value is -7.81. The van der Waals surface area contributed by atoms with Gasteiger partial charge in [-0.05, 0) is 136 Å². The molecule has 0 aliphatic heterocycles. The van der Waals surface area contributed by atoms with E-state index in [0.717, 1.165) is 27.6 Å². The van der Waals surface area contributed by atoms with Gasteiger partial charge in [-0.25, -0.2) is 4.98 Å². The minimum Gasteiger partial charge on any atom is -0.292 e. The molecule has 2 nitrogen and oxygen atoms in total. The molecule has 0 unspecified atom stereocenters. The molecule has 0 radical (unpaired) electrons. The highest BCUT2D eigenvalue weighted by Crippen LogP contribution is 2.46. The van der Waals surface area contributed by atoms with E-state index in [2.05, 4.69) is 211 Å². The van der Waals surface area contributed by atoms with Gasteiger partial charge in [0, 0.05) is 16.2 Å². The highest BCUT2D eigenvalue weighted by atomic mass is 15.0. The largest absolute Gasteiger partial charge is 0.292 e. The summed E-state index contributed by atoms with van der Waals surface area (Å²) in [6, 6.07) is 76.1. The predicted octanol–water partition coefficient (Wildman–Crippen LogP) is 15.6. The van der Waals surface area contributed by atoms with Gasteiger partial charge in [-0.3, -0.25) is 4.40 Å². The molecule has 0 N–H and O–H groups in total. The second-order valence-electron chi connectivity index (χ2n) is 15.9. The van der Waals surface area contributed by atoms with E-state index in [0.29, 0.717) is 0 Å². The van der Waals surface area contributed by atoms with Gasteiger partial charge in [-0.2, -0.15) is 0 Å². The van der Waals surface area contributed by atoms with Crippen LogP contribution in [-0.2, 0) is 0 Å². The molecular weight excluding hydrogens is 713 g/mol. The molecule has 0 bridgehead atoms. The lowest BCUT2D eigenvalue weighted by atomic mass is 9.84. The molecule has 0 fully saturated rings. The van der Waals surface area contributed by atoms with Crippen molar-refractivity contribution in [3.63, 3.8) is 0 Å². The SMILES string of the molecule is c1ccc2cc(-c3c4ccccc4c(-c4ccc5ccccc5c4)c4cc(-c5ccc6c(c5)c5c7ccccc7ccc5c5nc7ccccc7n65)ccc34)ccc2c1. The van der Waals surface area contributed by atoms with Crippen LogP contribution in [0.1, 0.15) is 0 Å². The van der Waals surface area contributed by atoms with Crippen LogP contribution in [0.2, 0.25) is 0 Å². The zero-order chi connectivity index (χ0) is 38.6. The lowest BCUT2D eigenvalue weighted by Crippen LogP contribution is -1.94. The average molecular weight is 747 g/mol. The summed E-state index contributed by atoms with van der Waals surface area (Å²) in [6.07, 6.45) is 0.